The van der Waals surface area contributed by atoms with Gasteiger partial charge in [-0.3, -0.25) is 9.35 Å². The van der Waals surface area contributed by atoms with E-state index in [0.717, 1.165) is 34.9 Å². The van der Waals surface area contributed by atoms with E-state index in [0.29, 0.717) is 24.5 Å². The molecule has 0 saturated carbocycles. The monoisotopic (exact) mass is 417 g/mol. The average Bonchev–Trinajstić information content (AvgIpc) is 3.21. The molecule has 1 atom stereocenters. The van der Waals surface area contributed by atoms with Crippen LogP contribution in [0.25, 0.3) is 22.0 Å². The van der Waals surface area contributed by atoms with Crippen molar-refractivity contribution in [3.63, 3.8) is 0 Å². The van der Waals surface area contributed by atoms with E-state index in [9.17, 15) is 9.00 Å². The molecule has 0 spiro atoms. The third-order valence-corrected chi connectivity index (χ3v) is 5.48. The number of aromatic amines is 1. The number of rotatable bonds is 6. The second-order valence-corrected chi connectivity index (χ2v) is 7.84. The van der Waals surface area contributed by atoms with Crippen LogP contribution in [0.5, 0.6) is 5.75 Å². The number of aromatic nitrogens is 2. The molecular formula is C20H23N3O5S. The van der Waals surface area contributed by atoms with Crippen molar-refractivity contribution < 1.29 is 18.2 Å². The third-order valence-electron chi connectivity index (χ3n) is 5.09. The Labute approximate surface area is 170 Å². The zero-order chi connectivity index (χ0) is 20.4. The van der Waals surface area contributed by atoms with Crippen LogP contribution in [0.4, 0.5) is 0 Å². The van der Waals surface area contributed by atoms with E-state index in [-0.39, 0.29) is 18.2 Å². The van der Waals surface area contributed by atoms with Crippen LogP contribution in [0.15, 0.2) is 41.5 Å². The van der Waals surface area contributed by atoms with Crippen LogP contribution in [0, 0.1) is 0 Å². The van der Waals surface area contributed by atoms with Gasteiger partial charge < -0.3 is 19.0 Å². The maximum atomic E-state index is 12.4. The van der Waals surface area contributed by atoms with E-state index in [2.05, 4.69) is 9.71 Å². The third kappa shape index (κ3) is 4.27. The van der Waals surface area contributed by atoms with E-state index in [4.69, 9.17) is 14.0 Å². The highest BCUT2D eigenvalue weighted by atomic mass is 32.2. The van der Waals surface area contributed by atoms with Gasteiger partial charge in [-0.2, -0.15) is 0 Å². The molecule has 4 rings (SSSR count). The summed E-state index contributed by atoms with van der Waals surface area (Å²) in [5.41, 5.74) is 2.95. The number of nitrogens with zero attached hydrogens (tertiary/aromatic N) is 1. The molecule has 1 saturated heterocycles. The fourth-order valence-electron chi connectivity index (χ4n) is 3.60. The average molecular weight is 417 g/mol. The Bertz CT molecular complexity index is 1100. The molecule has 3 aromatic rings. The van der Waals surface area contributed by atoms with Crippen molar-refractivity contribution in [1.82, 2.24) is 14.3 Å². The Morgan fingerprint density at radius 2 is 2.10 bits per heavy atom. The lowest BCUT2D eigenvalue weighted by Crippen LogP contribution is -2.26. The van der Waals surface area contributed by atoms with Gasteiger partial charge in [0.25, 0.3) is 5.56 Å². The van der Waals surface area contributed by atoms with Crippen molar-refractivity contribution in [2.45, 2.75) is 25.5 Å². The molecule has 0 radical (unpaired) electrons. The van der Waals surface area contributed by atoms with Crippen LogP contribution in [0.3, 0.4) is 0 Å². The summed E-state index contributed by atoms with van der Waals surface area (Å²) >= 11 is -2.10. The Kier molecular flexibility index (Phi) is 5.81. The van der Waals surface area contributed by atoms with Crippen molar-refractivity contribution in [2.75, 3.05) is 13.2 Å². The minimum Gasteiger partial charge on any atom is -0.490 e. The van der Waals surface area contributed by atoms with Crippen molar-refractivity contribution in [3.05, 3.63) is 52.6 Å². The maximum Gasteiger partial charge on any atom is 0.274 e. The lowest BCUT2D eigenvalue weighted by atomic mass is 10.00. The van der Waals surface area contributed by atoms with Crippen molar-refractivity contribution in [1.29, 1.82) is 0 Å². The minimum absolute atomic E-state index is 0.0608. The predicted molar refractivity (Wildman–Crippen MR) is 111 cm³/mol. The largest absolute Gasteiger partial charge is 0.490 e. The zero-order valence-electron chi connectivity index (χ0n) is 16.0. The van der Waals surface area contributed by atoms with E-state index in [1.165, 1.54) is 0 Å². The highest BCUT2D eigenvalue weighted by molar-refractivity contribution is 7.77. The molecule has 1 aromatic carbocycles. The number of benzene rings is 1. The molecular weight excluding hydrogens is 394 g/mol. The molecule has 154 valence electrons. The molecule has 0 bridgehead atoms. The first-order valence-corrected chi connectivity index (χ1v) is 10.5. The molecule has 1 unspecified atom stereocenters. The second kappa shape index (κ2) is 8.50. The number of ether oxygens (including phenoxy) is 2. The smallest absolute Gasteiger partial charge is 0.274 e. The van der Waals surface area contributed by atoms with Crippen LogP contribution in [-0.4, -0.2) is 37.6 Å². The number of fused-ring (bicyclic) bond motifs is 1. The van der Waals surface area contributed by atoms with E-state index in [1.54, 1.807) is 24.0 Å². The highest BCUT2D eigenvalue weighted by Gasteiger charge is 2.20. The van der Waals surface area contributed by atoms with Gasteiger partial charge in [0.2, 0.25) is 11.3 Å². The Morgan fingerprint density at radius 1 is 1.31 bits per heavy atom. The van der Waals surface area contributed by atoms with Gasteiger partial charge in [-0.15, -0.1) is 0 Å². The van der Waals surface area contributed by atoms with E-state index in [1.807, 2.05) is 24.3 Å². The Balaban J connectivity index is 1.81. The first-order chi connectivity index (χ1) is 14.0. The van der Waals surface area contributed by atoms with Gasteiger partial charge in [-0.25, -0.2) is 8.93 Å². The van der Waals surface area contributed by atoms with Gasteiger partial charge in [0.05, 0.1) is 13.2 Å². The van der Waals surface area contributed by atoms with Crippen LogP contribution >= 0.6 is 0 Å². The summed E-state index contributed by atoms with van der Waals surface area (Å²) in [7, 11) is 1.71. The topological polar surface area (TPSA) is 106 Å². The van der Waals surface area contributed by atoms with Crippen LogP contribution in [0.1, 0.15) is 18.4 Å². The van der Waals surface area contributed by atoms with Crippen LogP contribution < -0.4 is 15.0 Å². The van der Waals surface area contributed by atoms with Gasteiger partial charge in [0.15, 0.2) is 0 Å². The molecule has 29 heavy (non-hydrogen) atoms. The summed E-state index contributed by atoms with van der Waals surface area (Å²) in [6.45, 7) is 1.58. The minimum atomic E-state index is -2.10. The molecule has 9 heteroatoms. The molecule has 8 nitrogen and oxygen atoms in total. The quantitative estimate of drug-likeness (QED) is 0.534. The number of pyridine rings is 1. The van der Waals surface area contributed by atoms with Crippen LogP contribution in [0.2, 0.25) is 0 Å². The SMILES string of the molecule is Cn1cc(-c2cc(CNS(=O)O)ccc2OC2CCOCC2)c2cc[nH]c2c1=O. The van der Waals surface area contributed by atoms with Gasteiger partial charge in [0, 0.05) is 55.3 Å². The molecule has 0 amide bonds. The lowest BCUT2D eigenvalue weighted by molar-refractivity contribution is 0.0258. The first kappa shape index (κ1) is 19.8. The summed E-state index contributed by atoms with van der Waals surface area (Å²) in [5.74, 6) is 0.715. The molecule has 3 heterocycles. The summed E-state index contributed by atoms with van der Waals surface area (Å²) in [6, 6.07) is 7.55. The zero-order valence-corrected chi connectivity index (χ0v) is 16.8. The van der Waals surface area contributed by atoms with E-state index >= 15 is 0 Å². The van der Waals surface area contributed by atoms with Crippen LogP contribution in [-0.2, 0) is 29.6 Å². The van der Waals surface area contributed by atoms with Gasteiger partial charge in [-0.1, -0.05) is 6.07 Å². The molecule has 1 fully saturated rings. The van der Waals surface area contributed by atoms with Gasteiger partial charge >= 0.3 is 0 Å². The van der Waals surface area contributed by atoms with Gasteiger partial charge in [0.1, 0.15) is 17.4 Å². The summed E-state index contributed by atoms with van der Waals surface area (Å²) < 4.78 is 35.8. The molecule has 0 aliphatic carbocycles. The molecule has 1 aliphatic rings. The fraction of sp³-hybridized carbons (Fsp3) is 0.350. The van der Waals surface area contributed by atoms with Crippen molar-refractivity contribution in [3.8, 4) is 16.9 Å². The van der Waals surface area contributed by atoms with E-state index < -0.39 is 11.3 Å². The standard InChI is InChI=1S/C20H23N3O5S/c1-23-12-17(15-4-7-21-19(15)20(23)24)16-10-13(11-22-29(25)26)2-3-18(16)28-14-5-8-27-9-6-14/h2-4,7,10,12,14,21-22H,5-6,8-9,11H2,1H3,(H,25,26). The Morgan fingerprint density at radius 3 is 2.86 bits per heavy atom. The number of hydrogen-bond donors (Lipinski definition) is 3. The second-order valence-electron chi connectivity index (χ2n) is 7.06. The fourth-order valence-corrected chi connectivity index (χ4v) is 3.89. The normalized spacial score (nSPS) is 16.2. The van der Waals surface area contributed by atoms with Gasteiger partial charge in [-0.05, 0) is 23.8 Å². The Hall–Kier alpha value is -2.46. The highest BCUT2D eigenvalue weighted by Crippen LogP contribution is 2.36. The number of aryl methyl sites for hydroxylation is 1. The molecule has 2 aromatic heterocycles. The predicted octanol–water partition coefficient (Wildman–Crippen LogP) is 2.32. The van der Waals surface area contributed by atoms with Crippen molar-refractivity contribution >= 4 is 22.2 Å². The maximum absolute atomic E-state index is 12.4. The lowest BCUT2D eigenvalue weighted by Gasteiger charge is -2.25. The summed E-state index contributed by atoms with van der Waals surface area (Å²) in [6.07, 6.45) is 5.24. The first-order valence-electron chi connectivity index (χ1n) is 9.41. The summed E-state index contributed by atoms with van der Waals surface area (Å²) in [5, 5.41) is 0.806. The van der Waals surface area contributed by atoms with Crippen molar-refractivity contribution in [2.24, 2.45) is 7.05 Å². The molecule has 1 aliphatic heterocycles. The number of nitrogens with one attached hydrogen (secondary N) is 2. The molecule has 3 N–H and O–H groups in total. The summed E-state index contributed by atoms with van der Waals surface area (Å²) in [4.78, 5) is 15.5. The number of H-pyrrole nitrogens is 1. The number of hydrogen-bond acceptors (Lipinski definition) is 4.